The molecule has 15 heteroatoms. The van der Waals surface area contributed by atoms with Crippen molar-refractivity contribution >= 4 is 46.5 Å². The van der Waals surface area contributed by atoms with E-state index in [0.717, 1.165) is 5.56 Å². The number of carbonyl (C=O) groups is 3. The highest BCUT2D eigenvalue weighted by molar-refractivity contribution is 6.16. The van der Waals surface area contributed by atoms with Crippen LogP contribution in [0, 0.1) is 5.92 Å². The maximum absolute atomic E-state index is 14.0. The number of rotatable bonds is 6. The molecule has 46 heavy (non-hydrogen) atoms. The average Bonchev–Trinajstić information content (AvgIpc) is 3.27. The SMILES string of the molecule is CCc1cnc2c(C(=O)Nc3cnccc3N3C[C@@H](NC(=O)OC(C)(C)C)C[C@@H](C(F)(F)F)C3)c(NC(=O)OC(C)(C)C)oc2c1. The summed E-state index contributed by atoms with van der Waals surface area (Å²) in [5.41, 5.74) is -0.246. The molecule has 2 atom stereocenters. The molecule has 0 aromatic carbocycles. The Kier molecular flexibility index (Phi) is 9.73. The molecule has 250 valence electrons. The largest absolute Gasteiger partial charge is 0.444 e. The molecule has 3 aromatic heterocycles. The van der Waals surface area contributed by atoms with Gasteiger partial charge in [0.2, 0.25) is 5.88 Å². The summed E-state index contributed by atoms with van der Waals surface area (Å²) in [4.78, 5) is 48.8. The van der Waals surface area contributed by atoms with Gasteiger partial charge in [-0.3, -0.25) is 20.1 Å². The highest BCUT2D eigenvalue weighted by Crippen LogP contribution is 2.38. The number of piperidine rings is 1. The molecule has 3 N–H and O–H groups in total. The molecule has 0 spiro atoms. The van der Waals surface area contributed by atoms with Gasteiger partial charge in [0.15, 0.2) is 5.58 Å². The molecule has 1 fully saturated rings. The lowest BCUT2D eigenvalue weighted by Gasteiger charge is -2.40. The lowest BCUT2D eigenvalue weighted by atomic mass is 9.93. The molecule has 0 radical (unpaired) electrons. The third-order valence-corrected chi connectivity index (χ3v) is 6.86. The van der Waals surface area contributed by atoms with Crippen LogP contribution in [-0.2, 0) is 15.9 Å². The summed E-state index contributed by atoms with van der Waals surface area (Å²) in [6.07, 6.45) is -1.71. The zero-order valence-corrected chi connectivity index (χ0v) is 26.8. The van der Waals surface area contributed by atoms with E-state index >= 15 is 0 Å². The number of nitrogens with one attached hydrogen (secondary N) is 3. The molecule has 1 saturated heterocycles. The summed E-state index contributed by atoms with van der Waals surface area (Å²) in [5.74, 6) is -2.76. The molecule has 3 amide bonds. The number of alkyl carbamates (subject to hydrolysis) is 1. The van der Waals surface area contributed by atoms with E-state index in [2.05, 4.69) is 25.9 Å². The highest BCUT2D eigenvalue weighted by atomic mass is 19.4. The minimum Gasteiger partial charge on any atom is -0.444 e. The summed E-state index contributed by atoms with van der Waals surface area (Å²) in [5, 5.41) is 7.73. The number of alkyl halides is 3. The Balaban J connectivity index is 1.66. The Morgan fingerprint density at radius 1 is 1.00 bits per heavy atom. The van der Waals surface area contributed by atoms with Gasteiger partial charge < -0.3 is 29.4 Å². The van der Waals surface area contributed by atoms with Crippen LogP contribution in [0.4, 0.5) is 40.0 Å². The van der Waals surface area contributed by atoms with Crippen LogP contribution in [0.2, 0.25) is 0 Å². The molecule has 0 aliphatic carbocycles. The number of carbonyl (C=O) groups excluding carboxylic acids is 3. The number of aromatic nitrogens is 2. The number of pyridine rings is 2. The average molecular weight is 649 g/mol. The Labute approximate surface area is 264 Å². The zero-order chi connectivity index (χ0) is 34.0. The molecular formula is C31H39F3N6O6. The Bertz CT molecular complexity index is 1590. The van der Waals surface area contributed by atoms with Gasteiger partial charge in [0.1, 0.15) is 22.3 Å². The van der Waals surface area contributed by atoms with Gasteiger partial charge in [0.05, 0.1) is 29.5 Å². The maximum atomic E-state index is 14.0. The van der Waals surface area contributed by atoms with Gasteiger partial charge in [0, 0.05) is 25.5 Å². The van der Waals surface area contributed by atoms with E-state index in [1.165, 1.54) is 23.4 Å². The first kappa shape index (κ1) is 34.3. The number of ether oxygens (including phenoxy) is 2. The van der Waals surface area contributed by atoms with Crippen molar-refractivity contribution < 1.29 is 41.4 Å². The quantitative estimate of drug-likeness (QED) is 0.267. The van der Waals surface area contributed by atoms with Gasteiger partial charge in [0.25, 0.3) is 5.91 Å². The van der Waals surface area contributed by atoms with E-state index in [9.17, 15) is 27.6 Å². The van der Waals surface area contributed by atoms with Crippen LogP contribution in [-0.4, -0.2) is 64.6 Å². The predicted octanol–water partition coefficient (Wildman–Crippen LogP) is 6.67. The van der Waals surface area contributed by atoms with E-state index in [1.807, 2.05) is 6.92 Å². The third kappa shape index (κ3) is 8.79. The van der Waals surface area contributed by atoms with Crippen molar-refractivity contribution in [2.45, 2.75) is 84.7 Å². The highest BCUT2D eigenvalue weighted by Gasteiger charge is 2.45. The molecule has 12 nitrogen and oxygen atoms in total. The Hall–Kier alpha value is -4.56. The molecule has 0 unspecified atom stereocenters. The summed E-state index contributed by atoms with van der Waals surface area (Å²) in [7, 11) is 0. The first-order valence-corrected chi connectivity index (χ1v) is 14.8. The molecule has 1 aliphatic rings. The minimum absolute atomic E-state index is 0.000146. The van der Waals surface area contributed by atoms with Crippen LogP contribution in [0.1, 0.15) is 70.8 Å². The number of halogens is 3. The third-order valence-electron chi connectivity index (χ3n) is 6.86. The van der Waals surface area contributed by atoms with Crippen LogP contribution >= 0.6 is 0 Å². The van der Waals surface area contributed by atoms with Crippen molar-refractivity contribution in [2.75, 3.05) is 28.6 Å². The monoisotopic (exact) mass is 648 g/mol. The molecule has 1 aliphatic heterocycles. The van der Waals surface area contributed by atoms with Gasteiger partial charge in [-0.25, -0.2) is 9.59 Å². The van der Waals surface area contributed by atoms with Crippen LogP contribution in [0.25, 0.3) is 11.1 Å². The van der Waals surface area contributed by atoms with Crippen LogP contribution < -0.4 is 20.9 Å². The molecule has 4 rings (SSSR count). The number of anilines is 3. The van der Waals surface area contributed by atoms with Crippen molar-refractivity contribution in [3.8, 4) is 0 Å². The van der Waals surface area contributed by atoms with Crippen molar-refractivity contribution in [3.63, 3.8) is 0 Å². The first-order chi connectivity index (χ1) is 21.3. The second-order valence-electron chi connectivity index (χ2n) is 13.0. The van der Waals surface area contributed by atoms with E-state index < -0.39 is 54.0 Å². The van der Waals surface area contributed by atoms with Crippen LogP contribution in [0.3, 0.4) is 0 Å². The van der Waals surface area contributed by atoms with Gasteiger partial charge in [-0.1, -0.05) is 6.92 Å². The van der Waals surface area contributed by atoms with Crippen molar-refractivity contribution in [2.24, 2.45) is 5.92 Å². The number of nitrogens with zero attached hydrogens (tertiary/aromatic N) is 3. The van der Waals surface area contributed by atoms with Gasteiger partial charge in [-0.2, -0.15) is 13.2 Å². The number of aryl methyl sites for hydroxylation is 1. The van der Waals surface area contributed by atoms with Crippen molar-refractivity contribution in [1.29, 1.82) is 0 Å². The molecule has 3 aromatic rings. The second-order valence-corrected chi connectivity index (χ2v) is 13.0. The van der Waals surface area contributed by atoms with Gasteiger partial charge >= 0.3 is 18.4 Å². The fraction of sp³-hybridized carbons (Fsp3) is 0.516. The minimum atomic E-state index is -4.55. The molecule has 0 saturated carbocycles. The van der Waals surface area contributed by atoms with E-state index in [4.69, 9.17) is 13.9 Å². The second kappa shape index (κ2) is 13.0. The smallest absolute Gasteiger partial charge is 0.414 e. The number of amides is 3. The summed E-state index contributed by atoms with van der Waals surface area (Å²) in [6.45, 7) is 11.5. The zero-order valence-electron chi connectivity index (χ0n) is 26.8. The lowest BCUT2D eigenvalue weighted by molar-refractivity contribution is -0.177. The van der Waals surface area contributed by atoms with Gasteiger partial charge in [-0.15, -0.1) is 0 Å². The van der Waals surface area contributed by atoms with E-state index in [-0.39, 0.29) is 46.9 Å². The summed E-state index contributed by atoms with van der Waals surface area (Å²) in [6, 6.07) is 2.25. The number of hydrogen-bond donors (Lipinski definition) is 3. The Morgan fingerprint density at radius 2 is 1.67 bits per heavy atom. The first-order valence-electron chi connectivity index (χ1n) is 14.8. The fourth-order valence-electron chi connectivity index (χ4n) is 4.96. The van der Waals surface area contributed by atoms with E-state index in [1.54, 1.807) is 53.8 Å². The predicted molar refractivity (Wildman–Crippen MR) is 165 cm³/mol. The summed E-state index contributed by atoms with van der Waals surface area (Å²) >= 11 is 0. The van der Waals surface area contributed by atoms with Crippen LogP contribution in [0.15, 0.2) is 35.1 Å². The Morgan fingerprint density at radius 3 is 2.30 bits per heavy atom. The molecule has 0 bridgehead atoms. The van der Waals surface area contributed by atoms with Crippen LogP contribution in [0.5, 0.6) is 0 Å². The molecular weight excluding hydrogens is 609 g/mol. The standard InChI is InChI=1S/C31H39F3N6O6/c1-8-17-11-22-24(36-13-17)23(26(44-22)39-28(43)46-30(5,6)7)25(41)38-20-14-35-10-9-21(20)40-15-18(31(32,33)34)12-19(16-40)37-27(42)45-29(2,3)4/h9-11,13-14,18-19H,8,12,15-16H2,1-7H3,(H,37,42)(H,38,41)(H,39,43)/t18-,19+/m1/s1. The lowest BCUT2D eigenvalue weighted by Crippen LogP contribution is -2.54. The fourth-order valence-corrected chi connectivity index (χ4v) is 4.96. The number of fused-ring (bicyclic) bond motifs is 1. The topological polar surface area (TPSA) is 148 Å². The number of furan rings is 1. The molecule has 4 heterocycles. The summed E-state index contributed by atoms with van der Waals surface area (Å²) < 4.78 is 58.6. The van der Waals surface area contributed by atoms with E-state index in [0.29, 0.717) is 6.42 Å². The van der Waals surface area contributed by atoms with Crippen molar-refractivity contribution in [1.82, 2.24) is 15.3 Å². The van der Waals surface area contributed by atoms with Gasteiger partial charge in [-0.05, 0) is 72.1 Å². The van der Waals surface area contributed by atoms with Crippen molar-refractivity contribution in [3.05, 3.63) is 41.9 Å². The maximum Gasteiger partial charge on any atom is 0.414 e. The normalized spacial score (nSPS) is 17.4. The number of hydrogen-bond acceptors (Lipinski definition) is 9.